The molecule has 0 saturated heterocycles. The van der Waals surface area contributed by atoms with E-state index in [0.717, 1.165) is 0 Å². The number of aliphatic hydroxyl groups is 1. The fourth-order valence-electron chi connectivity index (χ4n) is 1.45. The van der Waals surface area contributed by atoms with Crippen LogP contribution in [0.15, 0.2) is 18.2 Å². The zero-order valence-electron chi connectivity index (χ0n) is 9.86. The molecule has 0 radical (unpaired) electrons. The maximum absolute atomic E-state index is 12.3. The molecule has 0 aliphatic carbocycles. The average molecular weight is 265 g/mol. The van der Waals surface area contributed by atoms with E-state index in [2.05, 4.69) is 0 Å². The number of halogens is 3. The van der Waals surface area contributed by atoms with Gasteiger partial charge in [0.25, 0.3) is 0 Å². The summed E-state index contributed by atoms with van der Waals surface area (Å²) in [5, 5.41) is 9.08. The lowest BCUT2D eigenvalue weighted by atomic mass is 10.0. The van der Waals surface area contributed by atoms with Gasteiger partial charge in [0.1, 0.15) is 0 Å². The van der Waals surface area contributed by atoms with Gasteiger partial charge in [0.15, 0.2) is 17.6 Å². The molecule has 1 aromatic carbocycles. The highest BCUT2D eigenvalue weighted by molar-refractivity contribution is 5.44. The minimum absolute atomic E-state index is 0.109. The van der Waals surface area contributed by atoms with Crippen molar-refractivity contribution in [1.82, 2.24) is 0 Å². The predicted octanol–water partition coefficient (Wildman–Crippen LogP) is 1.63. The Bertz CT molecular complexity index is 409. The van der Waals surface area contributed by atoms with Crippen LogP contribution in [0.3, 0.4) is 0 Å². The van der Waals surface area contributed by atoms with E-state index < -0.39 is 18.3 Å². The number of methoxy groups -OCH3 is 2. The molecule has 0 unspecified atom stereocenters. The normalized spacial score (nSPS) is 15.1. The summed E-state index contributed by atoms with van der Waals surface area (Å²) in [6.45, 7) is 0. The van der Waals surface area contributed by atoms with Crippen LogP contribution in [0.2, 0.25) is 0 Å². The van der Waals surface area contributed by atoms with Gasteiger partial charge in [-0.3, -0.25) is 0 Å². The summed E-state index contributed by atoms with van der Waals surface area (Å²) in [7, 11) is 2.76. The monoisotopic (exact) mass is 265 g/mol. The van der Waals surface area contributed by atoms with E-state index in [1.165, 1.54) is 32.4 Å². The molecule has 4 nitrogen and oxygen atoms in total. The third-order valence-electron chi connectivity index (χ3n) is 2.47. The van der Waals surface area contributed by atoms with Gasteiger partial charge in [-0.1, -0.05) is 6.07 Å². The van der Waals surface area contributed by atoms with Crippen molar-refractivity contribution in [3.8, 4) is 11.5 Å². The van der Waals surface area contributed by atoms with Crippen LogP contribution in [0.4, 0.5) is 13.2 Å². The van der Waals surface area contributed by atoms with Gasteiger partial charge < -0.3 is 20.3 Å². The van der Waals surface area contributed by atoms with Crippen LogP contribution in [-0.2, 0) is 0 Å². The van der Waals surface area contributed by atoms with E-state index in [4.69, 9.17) is 20.3 Å². The summed E-state index contributed by atoms with van der Waals surface area (Å²) in [5.74, 6) is 0.620. The van der Waals surface area contributed by atoms with E-state index in [1.807, 2.05) is 0 Å². The second kappa shape index (κ2) is 5.45. The van der Waals surface area contributed by atoms with Gasteiger partial charge in [0, 0.05) is 0 Å². The molecule has 0 aliphatic heterocycles. The lowest BCUT2D eigenvalue weighted by molar-refractivity contribution is -0.210. The lowest BCUT2D eigenvalue weighted by Gasteiger charge is -2.22. The van der Waals surface area contributed by atoms with Crippen LogP contribution in [0.1, 0.15) is 11.6 Å². The van der Waals surface area contributed by atoms with Gasteiger partial charge in [0.2, 0.25) is 0 Å². The predicted molar refractivity (Wildman–Crippen MR) is 58.5 cm³/mol. The Hall–Kier alpha value is -1.47. The molecule has 0 bridgehead atoms. The van der Waals surface area contributed by atoms with E-state index in [9.17, 15) is 13.2 Å². The van der Waals surface area contributed by atoms with Crippen molar-refractivity contribution in [3.05, 3.63) is 23.8 Å². The number of nitrogens with two attached hydrogens (primary N) is 1. The van der Waals surface area contributed by atoms with Crippen molar-refractivity contribution in [3.63, 3.8) is 0 Å². The molecule has 1 rings (SSSR count). The fraction of sp³-hybridized carbons (Fsp3) is 0.455. The molecule has 7 heteroatoms. The van der Waals surface area contributed by atoms with E-state index in [1.54, 1.807) is 0 Å². The lowest BCUT2D eigenvalue weighted by Crippen LogP contribution is -2.38. The zero-order valence-corrected chi connectivity index (χ0v) is 9.86. The molecule has 102 valence electrons. The van der Waals surface area contributed by atoms with Gasteiger partial charge in [-0.05, 0) is 17.7 Å². The summed E-state index contributed by atoms with van der Waals surface area (Å²) in [6, 6.07) is 2.50. The fourth-order valence-corrected chi connectivity index (χ4v) is 1.45. The summed E-state index contributed by atoms with van der Waals surface area (Å²) >= 11 is 0. The van der Waals surface area contributed by atoms with Gasteiger partial charge >= 0.3 is 6.18 Å². The number of ether oxygens (including phenoxy) is 2. The first-order valence-corrected chi connectivity index (χ1v) is 5.03. The largest absolute Gasteiger partial charge is 0.493 e. The highest BCUT2D eigenvalue weighted by atomic mass is 19.4. The Balaban J connectivity index is 3.03. The van der Waals surface area contributed by atoms with Crippen molar-refractivity contribution in [2.24, 2.45) is 5.73 Å². The SMILES string of the molecule is COc1ccc([C@@H](N)[C@@H](O)C(F)(F)F)cc1OC. The van der Waals surface area contributed by atoms with Crippen molar-refractivity contribution < 1.29 is 27.8 Å². The number of hydrogen-bond donors (Lipinski definition) is 2. The van der Waals surface area contributed by atoms with E-state index in [-0.39, 0.29) is 11.3 Å². The third-order valence-corrected chi connectivity index (χ3v) is 2.47. The van der Waals surface area contributed by atoms with Gasteiger partial charge in [0.05, 0.1) is 20.3 Å². The Morgan fingerprint density at radius 3 is 2.17 bits per heavy atom. The minimum Gasteiger partial charge on any atom is -0.493 e. The topological polar surface area (TPSA) is 64.7 Å². The number of alkyl halides is 3. The minimum atomic E-state index is -4.77. The number of aliphatic hydroxyl groups excluding tert-OH is 1. The molecule has 0 fully saturated rings. The summed E-state index contributed by atoms with van der Waals surface area (Å²) in [5.41, 5.74) is 5.48. The molecule has 1 aromatic rings. The van der Waals surface area contributed by atoms with Gasteiger partial charge in [-0.2, -0.15) is 13.2 Å². The van der Waals surface area contributed by atoms with E-state index >= 15 is 0 Å². The first-order valence-electron chi connectivity index (χ1n) is 5.03. The second-order valence-electron chi connectivity index (χ2n) is 3.63. The molecule has 3 N–H and O–H groups in total. The van der Waals surface area contributed by atoms with Gasteiger partial charge in [-0.25, -0.2) is 0 Å². The Morgan fingerprint density at radius 2 is 1.72 bits per heavy atom. The van der Waals surface area contributed by atoms with Crippen molar-refractivity contribution in [1.29, 1.82) is 0 Å². The molecule has 0 spiro atoms. The smallest absolute Gasteiger partial charge is 0.416 e. The molecule has 0 aliphatic rings. The number of benzene rings is 1. The molecule has 0 heterocycles. The third kappa shape index (κ3) is 3.05. The molecule has 2 atom stereocenters. The highest BCUT2D eigenvalue weighted by Crippen LogP contribution is 2.33. The Kier molecular flexibility index (Phi) is 4.42. The van der Waals surface area contributed by atoms with E-state index in [0.29, 0.717) is 5.75 Å². The first-order chi connectivity index (χ1) is 8.31. The quantitative estimate of drug-likeness (QED) is 0.868. The van der Waals surface area contributed by atoms with Gasteiger partial charge in [-0.15, -0.1) is 0 Å². The average Bonchev–Trinajstić information content (AvgIpc) is 2.34. The van der Waals surface area contributed by atoms with Crippen LogP contribution in [0, 0.1) is 0 Å². The molecular weight excluding hydrogens is 251 g/mol. The van der Waals surface area contributed by atoms with Crippen LogP contribution in [0.25, 0.3) is 0 Å². The summed E-state index contributed by atoms with van der Waals surface area (Å²) in [6.07, 6.45) is -7.40. The van der Waals surface area contributed by atoms with Crippen molar-refractivity contribution >= 4 is 0 Å². The van der Waals surface area contributed by atoms with Crippen LogP contribution in [0.5, 0.6) is 11.5 Å². The summed E-state index contributed by atoms with van der Waals surface area (Å²) in [4.78, 5) is 0. The first kappa shape index (κ1) is 14.6. The standard InChI is InChI=1S/C11H14F3NO3/c1-17-7-4-3-6(5-8(7)18-2)9(15)10(16)11(12,13)14/h3-5,9-10,16H,15H2,1-2H3/t9-,10-/m1/s1. The van der Waals surface area contributed by atoms with Crippen LogP contribution in [-0.4, -0.2) is 31.6 Å². The van der Waals surface area contributed by atoms with Crippen LogP contribution < -0.4 is 15.2 Å². The van der Waals surface area contributed by atoms with Crippen molar-refractivity contribution in [2.75, 3.05) is 14.2 Å². The highest BCUT2D eigenvalue weighted by Gasteiger charge is 2.42. The molecule has 18 heavy (non-hydrogen) atoms. The molecular formula is C11H14F3NO3. The summed E-state index contributed by atoms with van der Waals surface area (Å²) < 4.78 is 46.9. The number of hydrogen-bond acceptors (Lipinski definition) is 4. The Morgan fingerprint density at radius 1 is 1.17 bits per heavy atom. The maximum Gasteiger partial charge on any atom is 0.416 e. The van der Waals surface area contributed by atoms with Crippen molar-refractivity contribution in [2.45, 2.75) is 18.3 Å². The molecule has 0 aromatic heterocycles. The van der Waals surface area contributed by atoms with Crippen LogP contribution >= 0.6 is 0 Å². The Labute approximate surface area is 102 Å². The number of rotatable bonds is 4. The second-order valence-corrected chi connectivity index (χ2v) is 3.63. The maximum atomic E-state index is 12.3. The zero-order chi connectivity index (χ0) is 13.9. The molecule has 0 amide bonds. The molecule has 0 saturated carbocycles.